The summed E-state index contributed by atoms with van der Waals surface area (Å²) in [5, 5.41) is 17.0. The van der Waals surface area contributed by atoms with Crippen molar-refractivity contribution >= 4 is 46.3 Å². The second-order valence-corrected chi connectivity index (χ2v) is 6.16. The second kappa shape index (κ2) is 9.65. The standard InChI is InChI=1S/C16H15IN4O5/c17-14-8-7-13(26-14)10-19-20-15(22)2-1-9-18-16(23)11-3-5-12(6-4-11)21(24)25/h3-8,10H,1-2,9H2,(H,18,23)(H,20,22)/b19-10+. The third-order valence-electron chi connectivity index (χ3n) is 3.18. The van der Waals surface area contributed by atoms with E-state index < -0.39 is 4.92 Å². The number of hydrazone groups is 1. The van der Waals surface area contributed by atoms with Crippen LogP contribution in [0.1, 0.15) is 29.0 Å². The fourth-order valence-corrected chi connectivity index (χ4v) is 2.34. The molecule has 2 rings (SSSR count). The van der Waals surface area contributed by atoms with Crippen LogP contribution in [0.5, 0.6) is 0 Å². The van der Waals surface area contributed by atoms with Crippen LogP contribution in [0.15, 0.2) is 45.9 Å². The van der Waals surface area contributed by atoms with Crippen molar-refractivity contribution in [1.82, 2.24) is 10.7 Å². The van der Waals surface area contributed by atoms with Crippen molar-refractivity contribution in [3.8, 4) is 0 Å². The Morgan fingerprint density at radius 1 is 1.23 bits per heavy atom. The number of hydrogen-bond acceptors (Lipinski definition) is 6. The largest absolute Gasteiger partial charge is 0.449 e. The van der Waals surface area contributed by atoms with Crippen molar-refractivity contribution in [3.05, 3.63) is 61.6 Å². The highest BCUT2D eigenvalue weighted by Gasteiger charge is 2.09. The lowest BCUT2D eigenvalue weighted by Gasteiger charge is -2.04. The number of benzene rings is 1. The van der Waals surface area contributed by atoms with Crippen molar-refractivity contribution < 1.29 is 18.9 Å². The molecule has 2 amide bonds. The topological polar surface area (TPSA) is 127 Å². The summed E-state index contributed by atoms with van der Waals surface area (Å²) in [6.07, 6.45) is 2.02. The molecule has 2 N–H and O–H groups in total. The first-order valence-electron chi connectivity index (χ1n) is 7.55. The molecule has 0 radical (unpaired) electrons. The Hall–Kier alpha value is -2.76. The van der Waals surface area contributed by atoms with Crippen LogP contribution in [0.25, 0.3) is 0 Å². The van der Waals surface area contributed by atoms with Crippen LogP contribution >= 0.6 is 22.6 Å². The van der Waals surface area contributed by atoms with Crippen LogP contribution in [0.3, 0.4) is 0 Å². The first kappa shape index (κ1) is 19.6. The number of halogens is 1. The van der Waals surface area contributed by atoms with Gasteiger partial charge in [0.15, 0.2) is 3.77 Å². The van der Waals surface area contributed by atoms with Crippen LogP contribution in [0.2, 0.25) is 0 Å². The number of nitrogens with one attached hydrogen (secondary N) is 2. The van der Waals surface area contributed by atoms with Crippen LogP contribution in [-0.2, 0) is 4.79 Å². The summed E-state index contributed by atoms with van der Waals surface area (Å²) in [5.74, 6) is -0.108. The van der Waals surface area contributed by atoms with Gasteiger partial charge in [0.2, 0.25) is 5.91 Å². The summed E-state index contributed by atoms with van der Waals surface area (Å²) in [6, 6.07) is 8.79. The minimum Gasteiger partial charge on any atom is -0.449 e. The number of hydrogen-bond donors (Lipinski definition) is 2. The van der Waals surface area contributed by atoms with Gasteiger partial charge in [-0.15, -0.1) is 0 Å². The molecule has 1 aromatic heterocycles. The smallest absolute Gasteiger partial charge is 0.269 e. The lowest BCUT2D eigenvalue weighted by Crippen LogP contribution is -2.26. The fourth-order valence-electron chi connectivity index (χ4n) is 1.91. The van der Waals surface area contributed by atoms with Crippen LogP contribution < -0.4 is 10.7 Å². The van der Waals surface area contributed by atoms with Gasteiger partial charge in [-0.05, 0) is 53.3 Å². The quantitative estimate of drug-likeness (QED) is 0.202. The van der Waals surface area contributed by atoms with Gasteiger partial charge in [-0.1, -0.05) is 0 Å². The molecule has 0 saturated heterocycles. The SMILES string of the molecule is O=C(CCCNC(=O)c1ccc([N+](=O)[O-])cc1)N/N=C/c1ccc(I)o1. The lowest BCUT2D eigenvalue weighted by molar-refractivity contribution is -0.384. The third kappa shape index (κ3) is 6.27. The van der Waals surface area contributed by atoms with Crippen LogP contribution in [0.4, 0.5) is 5.69 Å². The van der Waals surface area contributed by atoms with Crippen molar-refractivity contribution in [3.63, 3.8) is 0 Å². The van der Waals surface area contributed by atoms with Crippen molar-refractivity contribution in [2.24, 2.45) is 5.10 Å². The number of furan rings is 1. The van der Waals surface area contributed by atoms with E-state index in [0.29, 0.717) is 24.3 Å². The van der Waals surface area contributed by atoms with Gasteiger partial charge in [0.05, 0.1) is 11.1 Å². The van der Waals surface area contributed by atoms with E-state index in [0.717, 1.165) is 3.77 Å². The number of nitrogens with zero attached hydrogens (tertiary/aromatic N) is 2. The molecule has 1 aromatic carbocycles. The molecule has 0 atom stereocenters. The molecule has 0 saturated carbocycles. The number of carbonyl (C=O) groups excluding carboxylic acids is 2. The molecule has 136 valence electrons. The zero-order valence-electron chi connectivity index (χ0n) is 13.5. The highest BCUT2D eigenvalue weighted by Crippen LogP contribution is 2.11. The van der Waals surface area contributed by atoms with Crippen molar-refractivity contribution in [2.75, 3.05) is 6.54 Å². The van der Waals surface area contributed by atoms with Gasteiger partial charge in [-0.2, -0.15) is 5.10 Å². The Kier molecular flexibility index (Phi) is 7.26. The van der Waals surface area contributed by atoms with E-state index in [4.69, 9.17) is 4.42 Å². The summed E-state index contributed by atoms with van der Waals surface area (Å²) < 4.78 is 5.98. The minimum atomic E-state index is -0.532. The predicted molar refractivity (Wildman–Crippen MR) is 102 cm³/mol. The number of carbonyl (C=O) groups is 2. The van der Waals surface area contributed by atoms with E-state index in [1.54, 1.807) is 12.1 Å². The zero-order valence-corrected chi connectivity index (χ0v) is 15.6. The lowest BCUT2D eigenvalue weighted by atomic mass is 10.2. The van der Waals surface area contributed by atoms with E-state index in [1.807, 2.05) is 22.6 Å². The van der Waals surface area contributed by atoms with Gasteiger partial charge in [-0.25, -0.2) is 5.43 Å². The monoisotopic (exact) mass is 470 g/mol. The van der Waals surface area contributed by atoms with E-state index in [9.17, 15) is 19.7 Å². The molecule has 0 bridgehead atoms. The summed E-state index contributed by atoms with van der Waals surface area (Å²) in [4.78, 5) is 33.5. The molecular formula is C16H15IN4O5. The van der Waals surface area contributed by atoms with E-state index in [-0.39, 0.29) is 23.9 Å². The summed E-state index contributed by atoms with van der Waals surface area (Å²) in [6.45, 7) is 0.295. The van der Waals surface area contributed by atoms with Crippen LogP contribution in [0, 0.1) is 13.9 Å². The fraction of sp³-hybridized carbons (Fsp3) is 0.188. The Morgan fingerprint density at radius 2 is 1.96 bits per heavy atom. The maximum atomic E-state index is 11.9. The number of amides is 2. The molecular weight excluding hydrogens is 455 g/mol. The van der Waals surface area contributed by atoms with Gasteiger partial charge >= 0.3 is 0 Å². The number of rotatable bonds is 8. The average molecular weight is 470 g/mol. The summed E-state index contributed by atoms with van der Waals surface area (Å²) >= 11 is 2.02. The van der Waals surface area contributed by atoms with Gasteiger partial charge in [0.25, 0.3) is 11.6 Å². The number of non-ortho nitro benzene ring substituents is 1. The first-order chi connectivity index (χ1) is 12.5. The van der Waals surface area contributed by atoms with Crippen molar-refractivity contribution in [1.29, 1.82) is 0 Å². The van der Waals surface area contributed by atoms with Crippen LogP contribution in [-0.4, -0.2) is 29.5 Å². The Labute approximate surface area is 162 Å². The van der Waals surface area contributed by atoms with Gasteiger partial charge in [0.1, 0.15) is 5.76 Å². The molecule has 9 nitrogen and oxygen atoms in total. The van der Waals surface area contributed by atoms with E-state index in [2.05, 4.69) is 15.8 Å². The molecule has 2 aromatic rings. The third-order valence-corrected chi connectivity index (χ3v) is 3.76. The second-order valence-electron chi connectivity index (χ2n) is 5.10. The highest BCUT2D eigenvalue weighted by molar-refractivity contribution is 14.1. The number of nitro benzene ring substituents is 1. The number of nitro groups is 1. The van der Waals surface area contributed by atoms with Gasteiger partial charge < -0.3 is 9.73 Å². The predicted octanol–water partition coefficient (Wildman–Crippen LogP) is 2.45. The van der Waals surface area contributed by atoms with E-state index in [1.165, 1.54) is 30.5 Å². The molecule has 26 heavy (non-hydrogen) atoms. The average Bonchev–Trinajstić information content (AvgIpc) is 3.04. The van der Waals surface area contributed by atoms with Gasteiger partial charge in [-0.3, -0.25) is 19.7 Å². The summed E-state index contributed by atoms with van der Waals surface area (Å²) in [5.41, 5.74) is 2.61. The molecule has 0 aliphatic rings. The van der Waals surface area contributed by atoms with Gasteiger partial charge in [0, 0.05) is 30.7 Å². The Balaban J connectivity index is 1.66. The normalized spacial score (nSPS) is 10.7. The zero-order chi connectivity index (χ0) is 18.9. The molecule has 1 heterocycles. The minimum absolute atomic E-state index is 0.0805. The molecule has 0 aliphatic carbocycles. The molecule has 10 heteroatoms. The highest BCUT2D eigenvalue weighted by atomic mass is 127. The Bertz CT molecular complexity index is 816. The molecule has 0 fully saturated rings. The molecule has 0 aliphatic heterocycles. The first-order valence-corrected chi connectivity index (χ1v) is 8.63. The molecule has 0 spiro atoms. The van der Waals surface area contributed by atoms with Crippen molar-refractivity contribution in [2.45, 2.75) is 12.8 Å². The maximum absolute atomic E-state index is 11.9. The van der Waals surface area contributed by atoms with E-state index >= 15 is 0 Å². The maximum Gasteiger partial charge on any atom is 0.269 e. The Morgan fingerprint density at radius 3 is 2.58 bits per heavy atom. The molecule has 0 unspecified atom stereocenters. The summed E-state index contributed by atoms with van der Waals surface area (Å²) in [7, 11) is 0.